The maximum absolute atomic E-state index is 10.6. The van der Waals surface area contributed by atoms with Gasteiger partial charge < -0.3 is 39.3 Å². The molecule has 0 bridgehead atoms. The van der Waals surface area contributed by atoms with E-state index in [2.05, 4.69) is 16.0 Å². The van der Waals surface area contributed by atoms with Gasteiger partial charge in [-0.15, -0.1) is 0 Å². The van der Waals surface area contributed by atoms with Crippen LogP contribution in [0.1, 0.15) is 17.5 Å². The first kappa shape index (κ1) is 29.6. The Hall–Kier alpha value is -4.92. The van der Waals surface area contributed by atoms with Gasteiger partial charge in [0.25, 0.3) is 0 Å². The zero-order valence-corrected chi connectivity index (χ0v) is 24.2. The van der Waals surface area contributed by atoms with Crippen molar-refractivity contribution in [3.63, 3.8) is 0 Å². The van der Waals surface area contributed by atoms with E-state index in [0.717, 1.165) is 39.3 Å². The van der Waals surface area contributed by atoms with Crippen LogP contribution in [0.5, 0.6) is 40.2 Å². The maximum atomic E-state index is 10.6. The third-order valence-electron chi connectivity index (χ3n) is 7.09. The first-order chi connectivity index (χ1) is 21.0. The molecule has 0 atom stereocenters. The Labute approximate surface area is 249 Å². The Morgan fingerprint density at radius 3 is 2.49 bits per heavy atom. The van der Waals surface area contributed by atoms with E-state index in [9.17, 15) is 10.4 Å². The largest absolute Gasteiger partial charge is 0.506 e. The Kier molecular flexibility index (Phi) is 9.51. The van der Waals surface area contributed by atoms with Gasteiger partial charge in [0.15, 0.2) is 11.5 Å². The molecular weight excluding hydrogens is 552 g/mol. The van der Waals surface area contributed by atoms with Crippen LogP contribution in [0.15, 0.2) is 54.7 Å². The number of pyridine rings is 1. The van der Waals surface area contributed by atoms with Gasteiger partial charge >= 0.3 is 0 Å². The fourth-order valence-corrected chi connectivity index (χ4v) is 4.81. The zero-order valence-electron chi connectivity index (χ0n) is 24.2. The van der Waals surface area contributed by atoms with Gasteiger partial charge in [0, 0.05) is 48.9 Å². The molecule has 1 aliphatic heterocycles. The number of phenols is 1. The molecule has 224 valence electrons. The van der Waals surface area contributed by atoms with Crippen molar-refractivity contribution in [1.29, 1.82) is 5.26 Å². The lowest BCUT2D eigenvalue weighted by Crippen LogP contribution is -2.37. The van der Waals surface area contributed by atoms with Crippen molar-refractivity contribution in [3.05, 3.63) is 65.9 Å². The highest BCUT2D eigenvalue weighted by Gasteiger charge is 2.17. The molecular formula is C32H34N4O7. The van der Waals surface area contributed by atoms with Gasteiger partial charge in [0.05, 0.1) is 45.2 Å². The molecule has 0 aliphatic carbocycles. The van der Waals surface area contributed by atoms with Gasteiger partial charge in [-0.1, -0.05) is 6.07 Å². The molecule has 2 heterocycles. The number of aromatic nitrogens is 1. The average molecular weight is 587 g/mol. The number of para-hydroxylation sites is 1. The normalized spacial score (nSPS) is 13.3. The zero-order chi connectivity index (χ0) is 30.2. The Morgan fingerprint density at radius 1 is 1.00 bits per heavy atom. The monoisotopic (exact) mass is 586 g/mol. The summed E-state index contributed by atoms with van der Waals surface area (Å²) in [5, 5.41) is 21.0. The molecule has 1 saturated heterocycles. The highest BCUT2D eigenvalue weighted by Crippen LogP contribution is 2.42. The highest BCUT2D eigenvalue weighted by atomic mass is 16.5. The summed E-state index contributed by atoms with van der Waals surface area (Å²) in [4.78, 5) is 6.81. The van der Waals surface area contributed by atoms with E-state index < -0.39 is 0 Å². The van der Waals surface area contributed by atoms with Gasteiger partial charge in [0.2, 0.25) is 5.75 Å². The fourth-order valence-electron chi connectivity index (χ4n) is 4.81. The van der Waals surface area contributed by atoms with Crippen LogP contribution in [-0.2, 0) is 11.3 Å². The number of nitrogens with two attached hydrogens (primary N) is 1. The van der Waals surface area contributed by atoms with Gasteiger partial charge in [-0.3, -0.25) is 9.88 Å². The second-order valence-electron chi connectivity index (χ2n) is 9.85. The van der Waals surface area contributed by atoms with Crippen LogP contribution < -0.4 is 29.4 Å². The average Bonchev–Trinajstić information content (AvgIpc) is 3.04. The number of nitrogens with zero attached hydrogens (tertiary/aromatic N) is 3. The van der Waals surface area contributed by atoms with Gasteiger partial charge in [-0.25, -0.2) is 0 Å². The minimum absolute atomic E-state index is 0.0484. The predicted molar refractivity (Wildman–Crippen MR) is 160 cm³/mol. The lowest BCUT2D eigenvalue weighted by atomic mass is 10.1. The lowest BCUT2D eigenvalue weighted by molar-refractivity contribution is 0.0358. The molecule has 0 spiro atoms. The van der Waals surface area contributed by atoms with Gasteiger partial charge in [-0.2, -0.15) is 5.26 Å². The summed E-state index contributed by atoms with van der Waals surface area (Å²) in [6.45, 7) is 4.93. The van der Waals surface area contributed by atoms with Crippen molar-refractivity contribution >= 4 is 16.6 Å². The molecule has 11 nitrogen and oxygen atoms in total. The van der Waals surface area contributed by atoms with Crippen molar-refractivity contribution in [2.24, 2.45) is 0 Å². The van der Waals surface area contributed by atoms with Crippen LogP contribution >= 0.6 is 0 Å². The van der Waals surface area contributed by atoms with Crippen molar-refractivity contribution in [3.8, 4) is 46.3 Å². The molecule has 0 radical (unpaired) electrons. The number of ether oxygens (including phenoxy) is 6. The van der Waals surface area contributed by atoms with Gasteiger partial charge in [0.1, 0.15) is 41.2 Å². The Balaban J connectivity index is 1.32. The van der Waals surface area contributed by atoms with E-state index >= 15 is 0 Å². The highest BCUT2D eigenvalue weighted by molar-refractivity contribution is 5.88. The maximum Gasteiger partial charge on any atom is 0.210 e. The predicted octanol–water partition coefficient (Wildman–Crippen LogP) is 4.88. The molecule has 0 unspecified atom stereocenters. The van der Waals surface area contributed by atoms with Crippen LogP contribution in [0.25, 0.3) is 10.9 Å². The molecule has 0 saturated carbocycles. The second-order valence-corrected chi connectivity index (χ2v) is 9.85. The third kappa shape index (κ3) is 6.94. The van der Waals surface area contributed by atoms with Gasteiger partial charge in [-0.05, 0) is 36.8 Å². The van der Waals surface area contributed by atoms with E-state index in [1.165, 1.54) is 26.5 Å². The minimum atomic E-state index is -0.180. The van der Waals surface area contributed by atoms with E-state index in [0.29, 0.717) is 57.6 Å². The number of morpholine rings is 1. The Morgan fingerprint density at radius 2 is 1.77 bits per heavy atom. The number of rotatable bonds is 12. The molecule has 1 aromatic heterocycles. The molecule has 3 N–H and O–H groups in total. The first-order valence-corrected chi connectivity index (χ1v) is 13.9. The summed E-state index contributed by atoms with van der Waals surface area (Å²) in [6.07, 6.45) is 2.36. The van der Waals surface area contributed by atoms with Crippen molar-refractivity contribution < 1.29 is 33.5 Å². The number of anilines is 1. The van der Waals surface area contributed by atoms with Crippen molar-refractivity contribution in [1.82, 2.24) is 9.88 Å². The number of methoxy groups -OCH3 is 2. The second kappa shape index (κ2) is 13.8. The Bertz CT molecular complexity index is 1590. The van der Waals surface area contributed by atoms with Crippen LogP contribution in [0.4, 0.5) is 5.69 Å². The van der Waals surface area contributed by atoms with E-state index in [1.54, 1.807) is 24.3 Å². The summed E-state index contributed by atoms with van der Waals surface area (Å²) in [5.41, 5.74) is 7.66. The van der Waals surface area contributed by atoms with Crippen LogP contribution in [0.3, 0.4) is 0 Å². The molecule has 5 rings (SSSR count). The number of nitriles is 1. The SMILES string of the molecule is COc1cccc(OC)c1Oc1cc(O)c(N)c(COc2c(C#N)cnc3cc(OCCCN4CCOCC4)ccc23)c1. The molecule has 1 aliphatic rings. The summed E-state index contributed by atoms with van der Waals surface area (Å²) in [7, 11) is 3.05. The number of hydrogen-bond donors (Lipinski definition) is 2. The summed E-state index contributed by atoms with van der Waals surface area (Å²) >= 11 is 0. The number of benzene rings is 3. The molecule has 11 heteroatoms. The fraction of sp³-hybridized carbons (Fsp3) is 0.312. The molecule has 3 aromatic carbocycles. The van der Waals surface area contributed by atoms with Crippen LogP contribution in [0.2, 0.25) is 0 Å². The summed E-state index contributed by atoms with van der Waals surface area (Å²) in [5.74, 6) is 2.40. The van der Waals surface area contributed by atoms with E-state index in [1.807, 2.05) is 18.2 Å². The van der Waals surface area contributed by atoms with Crippen LogP contribution in [-0.4, -0.2) is 68.7 Å². The van der Waals surface area contributed by atoms with Crippen molar-refractivity contribution in [2.75, 3.05) is 59.4 Å². The number of hydrogen-bond acceptors (Lipinski definition) is 11. The third-order valence-corrected chi connectivity index (χ3v) is 7.09. The molecule has 0 amide bonds. The van der Waals surface area contributed by atoms with Crippen molar-refractivity contribution in [2.45, 2.75) is 13.0 Å². The van der Waals surface area contributed by atoms with E-state index in [-0.39, 0.29) is 23.6 Å². The standard InChI is InChI=1S/C32H34N4O7/c1-38-28-5-3-6-29(39-2)32(28)43-24-15-21(30(34)27(37)17-24)20-42-31-22(18-33)19-35-26-16-23(7-8-25(26)31)41-12-4-9-36-10-13-40-14-11-36/h3,5-8,15-17,19,37H,4,9-14,20,34H2,1-2H3. The number of phenolic OH excluding ortho intramolecular Hbond substituents is 1. The molecule has 1 fully saturated rings. The summed E-state index contributed by atoms with van der Waals surface area (Å²) < 4.78 is 34.4. The molecule has 4 aromatic rings. The topological polar surface area (TPSA) is 142 Å². The van der Waals surface area contributed by atoms with Crippen LogP contribution in [0, 0.1) is 11.3 Å². The number of aromatic hydroxyl groups is 1. The van der Waals surface area contributed by atoms with E-state index in [4.69, 9.17) is 34.2 Å². The lowest BCUT2D eigenvalue weighted by Gasteiger charge is -2.26. The molecule has 43 heavy (non-hydrogen) atoms. The number of nitrogen functional groups attached to an aromatic ring is 1. The summed E-state index contributed by atoms with van der Waals surface area (Å²) in [6, 6.07) is 15.9. The number of fused-ring (bicyclic) bond motifs is 1. The smallest absolute Gasteiger partial charge is 0.210 e. The quantitative estimate of drug-likeness (QED) is 0.133. The first-order valence-electron chi connectivity index (χ1n) is 13.9. The minimum Gasteiger partial charge on any atom is -0.506 e.